The smallest absolute Gasteiger partial charge is 0.669 e. The van der Waals surface area contributed by atoms with Gasteiger partial charge in [-0.2, -0.15) is 7.05 Å². The van der Waals surface area contributed by atoms with Crippen LogP contribution in [-0.4, -0.2) is 35.6 Å². The second-order valence-corrected chi connectivity index (χ2v) is 21.6. The van der Waals surface area contributed by atoms with Crippen LogP contribution >= 0.6 is 0 Å². The van der Waals surface area contributed by atoms with Crippen molar-refractivity contribution in [3.8, 4) is 0 Å². The van der Waals surface area contributed by atoms with Crippen LogP contribution in [0, 0.1) is 0 Å². The van der Waals surface area contributed by atoms with E-state index in [1.165, 1.54) is 12.8 Å². The summed E-state index contributed by atoms with van der Waals surface area (Å²) in [5.41, 5.74) is 0. The van der Waals surface area contributed by atoms with E-state index in [2.05, 4.69) is 37.7 Å². The summed E-state index contributed by atoms with van der Waals surface area (Å²) in [6.07, 6.45) is 2.56. The maximum absolute atomic E-state index is 4.94. The molecule has 0 spiro atoms. The molecular weight excluding hydrogens is 213 g/mol. The molecule has 0 saturated carbocycles. The monoisotopic (exact) mass is 239 g/mol. The second-order valence-electron chi connectivity index (χ2n) is 5.35. The Labute approximate surface area is 110 Å². The SMILES string of the molecule is C1CCOC1.C[N-][Si](C)(C)[Si](C)(C)C.[Li+]. The molecule has 0 aromatic carbocycles. The summed E-state index contributed by atoms with van der Waals surface area (Å²) in [7, 11) is -0.0509. The van der Waals surface area contributed by atoms with Gasteiger partial charge < -0.3 is 9.72 Å². The minimum absolute atomic E-state index is 0. The van der Waals surface area contributed by atoms with Gasteiger partial charge in [0.2, 0.25) is 0 Å². The number of nitrogens with zero attached hydrogens (tertiary/aromatic N) is 1. The van der Waals surface area contributed by atoms with Crippen LogP contribution in [0.1, 0.15) is 12.8 Å². The molecule has 0 amide bonds. The molecule has 0 N–H and O–H groups in total. The van der Waals surface area contributed by atoms with Crippen LogP contribution in [0.4, 0.5) is 0 Å². The van der Waals surface area contributed by atoms with Gasteiger partial charge in [-0.1, -0.05) is 40.5 Å². The van der Waals surface area contributed by atoms with Crippen molar-refractivity contribution in [2.24, 2.45) is 0 Å². The predicted molar refractivity (Wildman–Crippen MR) is 70.2 cm³/mol. The van der Waals surface area contributed by atoms with Crippen LogP contribution in [-0.2, 0) is 4.74 Å². The minimum Gasteiger partial charge on any atom is -0.669 e. The van der Waals surface area contributed by atoms with Gasteiger partial charge in [-0.15, -0.1) is 0 Å². The molecule has 0 aliphatic carbocycles. The molecule has 1 fully saturated rings. The van der Waals surface area contributed by atoms with Crippen LogP contribution < -0.4 is 18.9 Å². The molecule has 0 aromatic heterocycles. The Kier molecular flexibility index (Phi) is 9.90. The van der Waals surface area contributed by atoms with E-state index in [1.807, 2.05) is 7.05 Å². The van der Waals surface area contributed by atoms with E-state index in [-0.39, 0.29) is 18.9 Å². The molecule has 5 heteroatoms. The summed E-state index contributed by atoms with van der Waals surface area (Å²) in [6, 6.07) is 0. The molecule has 0 bridgehead atoms. The Bertz CT molecular complexity index is 148. The predicted octanol–water partition coefficient (Wildman–Crippen LogP) is 0.412. The maximum atomic E-state index is 4.94. The zero-order valence-corrected chi connectivity index (χ0v) is 13.7. The Morgan fingerprint density at radius 2 is 1.33 bits per heavy atom. The van der Waals surface area contributed by atoms with E-state index in [9.17, 15) is 0 Å². The van der Waals surface area contributed by atoms with E-state index in [4.69, 9.17) is 4.74 Å². The fourth-order valence-corrected chi connectivity index (χ4v) is 3.53. The average Bonchev–Trinajstić information content (AvgIpc) is 2.59. The fraction of sp³-hybridized carbons (Fsp3) is 1.00. The van der Waals surface area contributed by atoms with Gasteiger partial charge in [0.05, 0.1) is 0 Å². The van der Waals surface area contributed by atoms with E-state index >= 15 is 0 Å². The van der Waals surface area contributed by atoms with E-state index in [0.717, 1.165) is 13.2 Å². The van der Waals surface area contributed by atoms with Gasteiger partial charge in [0, 0.05) is 20.8 Å². The van der Waals surface area contributed by atoms with Crippen molar-refractivity contribution >= 4 is 15.3 Å². The largest absolute Gasteiger partial charge is 1.00 e. The summed E-state index contributed by atoms with van der Waals surface area (Å²) in [6.45, 7) is 13.9. The van der Waals surface area contributed by atoms with Gasteiger partial charge in [0.15, 0.2) is 0 Å². The Hall–Kier alpha value is 0.951. The molecule has 15 heavy (non-hydrogen) atoms. The minimum atomic E-state index is -1.11. The molecule has 0 atom stereocenters. The summed E-state index contributed by atoms with van der Waals surface area (Å²) in [4.78, 5) is 4.49. The van der Waals surface area contributed by atoms with Gasteiger partial charge in [-0.05, 0) is 12.8 Å². The molecule has 0 unspecified atom stereocenters. The first-order chi connectivity index (χ1) is 6.31. The Morgan fingerprint density at radius 3 is 1.40 bits per heavy atom. The molecule has 1 rings (SSSR count). The number of hydrogen-bond acceptors (Lipinski definition) is 1. The third-order valence-electron chi connectivity index (χ3n) is 3.22. The van der Waals surface area contributed by atoms with Crippen molar-refractivity contribution in [1.82, 2.24) is 0 Å². The van der Waals surface area contributed by atoms with Gasteiger partial charge >= 0.3 is 18.9 Å². The normalized spacial score (nSPS) is 16.4. The summed E-state index contributed by atoms with van der Waals surface area (Å²) in [5.74, 6) is 0. The van der Waals surface area contributed by atoms with E-state index in [0.29, 0.717) is 0 Å². The van der Waals surface area contributed by atoms with Crippen molar-refractivity contribution in [1.29, 1.82) is 0 Å². The van der Waals surface area contributed by atoms with Crippen LogP contribution in [0.2, 0.25) is 32.7 Å². The zero-order chi connectivity index (χ0) is 11.2. The molecule has 1 heterocycles. The molecule has 0 aromatic rings. The molecule has 86 valence electrons. The first-order valence-electron chi connectivity index (χ1n) is 5.50. The zero-order valence-electron chi connectivity index (χ0n) is 11.7. The third-order valence-corrected chi connectivity index (χ3v) is 19.7. The quantitative estimate of drug-likeness (QED) is 0.640. The summed E-state index contributed by atoms with van der Waals surface area (Å²) in [5, 5.41) is 0. The van der Waals surface area contributed by atoms with Gasteiger partial charge in [0.25, 0.3) is 0 Å². The first-order valence-corrected chi connectivity index (χ1v) is 12.9. The first kappa shape index (κ1) is 18.3. The standard InChI is InChI=1S/C6H18NSi2.C4H8O.Li/c1-7-9(5,6)8(2,3)4;1-2-4-5-3-1;/h1-6H3;1-4H2;/q-1;;+1. The van der Waals surface area contributed by atoms with Crippen LogP contribution in [0.3, 0.4) is 0 Å². The van der Waals surface area contributed by atoms with Crippen LogP contribution in [0.15, 0.2) is 0 Å². The maximum Gasteiger partial charge on any atom is 1.00 e. The Morgan fingerprint density at radius 1 is 0.933 bits per heavy atom. The molecule has 1 saturated heterocycles. The average molecular weight is 239 g/mol. The van der Waals surface area contributed by atoms with Crippen LogP contribution in [0.25, 0.3) is 4.98 Å². The van der Waals surface area contributed by atoms with E-state index < -0.39 is 15.3 Å². The van der Waals surface area contributed by atoms with Gasteiger partial charge in [-0.25, -0.2) is 0 Å². The molecule has 1 aliphatic rings. The van der Waals surface area contributed by atoms with Crippen molar-refractivity contribution in [3.05, 3.63) is 4.98 Å². The van der Waals surface area contributed by atoms with Gasteiger partial charge in [-0.3, -0.25) is 0 Å². The number of ether oxygens (including phenoxy) is 1. The van der Waals surface area contributed by atoms with E-state index in [1.54, 1.807) is 0 Å². The summed E-state index contributed by atoms with van der Waals surface area (Å²) < 4.78 is 4.94. The van der Waals surface area contributed by atoms with Gasteiger partial charge in [0.1, 0.15) is 0 Å². The Balaban J connectivity index is 0. The topological polar surface area (TPSA) is 23.3 Å². The van der Waals surface area contributed by atoms with Crippen molar-refractivity contribution in [2.45, 2.75) is 45.6 Å². The molecular formula is C10H26LiNOSi2. The molecule has 1 aliphatic heterocycles. The van der Waals surface area contributed by atoms with Crippen LogP contribution in [0.5, 0.6) is 0 Å². The second kappa shape index (κ2) is 8.10. The van der Waals surface area contributed by atoms with Crippen molar-refractivity contribution < 1.29 is 23.6 Å². The fourth-order valence-electron chi connectivity index (χ4n) is 0.846. The number of hydrogen-bond donors (Lipinski definition) is 0. The molecule has 2 nitrogen and oxygen atoms in total. The molecule has 0 radical (unpaired) electrons. The number of rotatable bonds is 2. The summed E-state index contributed by atoms with van der Waals surface area (Å²) >= 11 is 0. The van der Waals surface area contributed by atoms with Crippen molar-refractivity contribution in [2.75, 3.05) is 20.3 Å². The third kappa shape index (κ3) is 7.78. The van der Waals surface area contributed by atoms with Crippen molar-refractivity contribution in [3.63, 3.8) is 0 Å².